The van der Waals surface area contributed by atoms with Crippen LogP contribution in [0.1, 0.15) is 56.3 Å². The Balaban J connectivity index is 1.93. The topological polar surface area (TPSA) is 91.4 Å². The van der Waals surface area contributed by atoms with E-state index < -0.39 is 6.04 Å². The van der Waals surface area contributed by atoms with Crippen LogP contribution in [0, 0.1) is 6.92 Å². The Kier molecular flexibility index (Phi) is 9.33. The summed E-state index contributed by atoms with van der Waals surface area (Å²) >= 11 is 0. The fourth-order valence-electron chi connectivity index (χ4n) is 3.84. The number of benzene rings is 2. The van der Waals surface area contributed by atoms with Gasteiger partial charge in [0.25, 0.3) is 0 Å². The molecule has 188 valence electrons. The molecule has 0 saturated carbocycles. The molecular formula is C29H34N4O3. The standard InChI is InChI=1S/C29H34N4O3/c1-5-22-11-15-24(16-12-22)33(27(35)18-17-26(34)32-25-8-6-7-19-30-25)28(29(36)31-20(2)3)23-13-9-21(4)10-14-23/h6-16,19-20,28H,5,17-18H2,1-4H3,(H,31,36)(H,30,32,34)/t28-/m0/s1. The summed E-state index contributed by atoms with van der Waals surface area (Å²) in [7, 11) is 0. The van der Waals surface area contributed by atoms with Crippen LogP contribution in [0.3, 0.4) is 0 Å². The van der Waals surface area contributed by atoms with Gasteiger partial charge in [0.05, 0.1) is 0 Å². The Hall–Kier alpha value is -4.00. The lowest BCUT2D eigenvalue weighted by Crippen LogP contribution is -2.46. The van der Waals surface area contributed by atoms with Crippen molar-refractivity contribution in [1.82, 2.24) is 10.3 Å². The maximum absolute atomic E-state index is 13.7. The lowest BCUT2D eigenvalue weighted by Gasteiger charge is -2.32. The van der Waals surface area contributed by atoms with Crippen LogP contribution in [0.2, 0.25) is 0 Å². The molecule has 0 bridgehead atoms. The van der Waals surface area contributed by atoms with Gasteiger partial charge in [-0.05, 0) is 62.6 Å². The van der Waals surface area contributed by atoms with Crippen molar-refractivity contribution in [2.75, 3.05) is 10.2 Å². The molecule has 36 heavy (non-hydrogen) atoms. The van der Waals surface area contributed by atoms with E-state index in [0.29, 0.717) is 17.1 Å². The van der Waals surface area contributed by atoms with Crippen LogP contribution in [0.25, 0.3) is 0 Å². The minimum Gasteiger partial charge on any atom is -0.352 e. The lowest BCUT2D eigenvalue weighted by atomic mass is 10.00. The summed E-state index contributed by atoms with van der Waals surface area (Å²) in [6.07, 6.45) is 2.34. The van der Waals surface area contributed by atoms with E-state index in [1.807, 2.05) is 69.3 Å². The molecule has 2 N–H and O–H groups in total. The summed E-state index contributed by atoms with van der Waals surface area (Å²) < 4.78 is 0. The third-order valence-electron chi connectivity index (χ3n) is 5.72. The molecule has 7 heteroatoms. The second kappa shape index (κ2) is 12.6. The van der Waals surface area contributed by atoms with E-state index in [1.54, 1.807) is 24.4 Å². The van der Waals surface area contributed by atoms with Crippen LogP contribution in [-0.4, -0.2) is 28.7 Å². The third kappa shape index (κ3) is 7.25. The molecule has 0 radical (unpaired) electrons. The van der Waals surface area contributed by atoms with Gasteiger partial charge in [0.2, 0.25) is 17.7 Å². The zero-order valence-corrected chi connectivity index (χ0v) is 21.3. The monoisotopic (exact) mass is 486 g/mol. The molecule has 3 rings (SSSR count). The fraction of sp³-hybridized carbons (Fsp3) is 0.310. The van der Waals surface area contributed by atoms with Crippen LogP contribution in [0.15, 0.2) is 72.9 Å². The van der Waals surface area contributed by atoms with Crippen molar-refractivity contribution in [1.29, 1.82) is 0 Å². The molecule has 2 aromatic carbocycles. The minimum atomic E-state index is -0.883. The molecule has 0 fully saturated rings. The average Bonchev–Trinajstić information content (AvgIpc) is 2.87. The number of nitrogens with zero attached hydrogens (tertiary/aromatic N) is 2. The van der Waals surface area contributed by atoms with Crippen molar-refractivity contribution >= 4 is 29.2 Å². The zero-order valence-electron chi connectivity index (χ0n) is 21.3. The van der Waals surface area contributed by atoms with Gasteiger partial charge in [0.1, 0.15) is 11.9 Å². The van der Waals surface area contributed by atoms with Crippen LogP contribution in [0.4, 0.5) is 11.5 Å². The molecule has 0 aliphatic carbocycles. The summed E-state index contributed by atoms with van der Waals surface area (Å²) in [6, 6.07) is 19.4. The molecule has 0 unspecified atom stereocenters. The number of aromatic nitrogens is 1. The summed E-state index contributed by atoms with van der Waals surface area (Å²) in [5, 5.41) is 5.67. The van der Waals surface area contributed by atoms with Gasteiger partial charge < -0.3 is 10.6 Å². The SMILES string of the molecule is CCc1ccc(N(C(=O)CCC(=O)Nc2ccccn2)[C@H](C(=O)NC(C)C)c2ccc(C)cc2)cc1. The summed E-state index contributed by atoms with van der Waals surface area (Å²) in [4.78, 5) is 45.3. The van der Waals surface area contributed by atoms with Crippen molar-refractivity contribution in [2.45, 2.75) is 59.0 Å². The number of nitrogens with one attached hydrogen (secondary N) is 2. The largest absolute Gasteiger partial charge is 0.352 e. The average molecular weight is 487 g/mol. The minimum absolute atomic E-state index is 0.0363. The van der Waals surface area contributed by atoms with E-state index in [4.69, 9.17) is 0 Å². The molecule has 0 spiro atoms. The van der Waals surface area contributed by atoms with E-state index in [2.05, 4.69) is 22.5 Å². The fourth-order valence-corrected chi connectivity index (χ4v) is 3.84. The van der Waals surface area contributed by atoms with Crippen LogP contribution in [-0.2, 0) is 20.8 Å². The number of amides is 3. The van der Waals surface area contributed by atoms with Gasteiger partial charge in [-0.1, -0.05) is 55.0 Å². The normalized spacial score (nSPS) is 11.6. The number of carbonyl (C=O) groups is 3. The molecule has 3 amide bonds. The van der Waals surface area contributed by atoms with Crippen molar-refractivity contribution in [2.24, 2.45) is 0 Å². The van der Waals surface area contributed by atoms with E-state index in [9.17, 15) is 14.4 Å². The Morgan fingerprint density at radius 1 is 0.917 bits per heavy atom. The summed E-state index contributed by atoms with van der Waals surface area (Å²) in [5.41, 5.74) is 3.48. The predicted molar refractivity (Wildman–Crippen MR) is 143 cm³/mol. The van der Waals surface area contributed by atoms with Crippen LogP contribution < -0.4 is 15.5 Å². The maximum Gasteiger partial charge on any atom is 0.248 e. The molecule has 0 saturated heterocycles. The molecule has 0 aliphatic heterocycles. The molecule has 7 nitrogen and oxygen atoms in total. The molecule has 0 aliphatic rings. The summed E-state index contributed by atoms with van der Waals surface area (Å²) in [6.45, 7) is 7.80. The van der Waals surface area contributed by atoms with Gasteiger partial charge in [-0.25, -0.2) is 4.98 Å². The van der Waals surface area contributed by atoms with Crippen molar-refractivity contribution in [3.05, 3.63) is 89.6 Å². The first-order chi connectivity index (χ1) is 17.3. The number of hydrogen-bond acceptors (Lipinski definition) is 4. The van der Waals surface area contributed by atoms with Crippen molar-refractivity contribution in [3.63, 3.8) is 0 Å². The predicted octanol–water partition coefficient (Wildman–Crippen LogP) is 4.97. The molecular weight excluding hydrogens is 452 g/mol. The van der Waals surface area contributed by atoms with Gasteiger partial charge in [-0.3, -0.25) is 19.3 Å². The quantitative estimate of drug-likeness (QED) is 0.423. The van der Waals surface area contributed by atoms with E-state index in [1.165, 1.54) is 4.90 Å². The molecule has 1 heterocycles. The van der Waals surface area contributed by atoms with Crippen molar-refractivity contribution < 1.29 is 14.4 Å². The number of aryl methyl sites for hydroxylation is 2. The number of hydrogen-bond donors (Lipinski definition) is 2. The van der Waals surface area contributed by atoms with Gasteiger partial charge >= 0.3 is 0 Å². The third-order valence-corrected chi connectivity index (χ3v) is 5.72. The smallest absolute Gasteiger partial charge is 0.248 e. The van der Waals surface area contributed by atoms with E-state index in [-0.39, 0.29) is 36.6 Å². The van der Waals surface area contributed by atoms with Crippen LogP contribution in [0.5, 0.6) is 0 Å². The number of rotatable bonds is 10. The molecule has 1 atom stereocenters. The highest BCUT2D eigenvalue weighted by Gasteiger charge is 2.33. The number of pyridine rings is 1. The van der Waals surface area contributed by atoms with Crippen molar-refractivity contribution in [3.8, 4) is 0 Å². The Morgan fingerprint density at radius 2 is 1.61 bits per heavy atom. The van der Waals surface area contributed by atoms with E-state index >= 15 is 0 Å². The van der Waals surface area contributed by atoms with Gasteiger partial charge in [0, 0.05) is 30.8 Å². The highest BCUT2D eigenvalue weighted by molar-refractivity contribution is 6.03. The number of anilines is 2. The first-order valence-corrected chi connectivity index (χ1v) is 12.3. The maximum atomic E-state index is 13.7. The number of carbonyl (C=O) groups excluding carboxylic acids is 3. The lowest BCUT2D eigenvalue weighted by molar-refractivity contribution is -0.127. The van der Waals surface area contributed by atoms with Gasteiger partial charge in [-0.15, -0.1) is 0 Å². The highest BCUT2D eigenvalue weighted by Crippen LogP contribution is 2.30. The second-order valence-corrected chi connectivity index (χ2v) is 9.02. The Bertz CT molecular complexity index is 1160. The molecule has 3 aromatic rings. The Morgan fingerprint density at radius 3 is 2.19 bits per heavy atom. The Labute approximate surface area is 212 Å². The second-order valence-electron chi connectivity index (χ2n) is 9.02. The van der Waals surface area contributed by atoms with Crippen LogP contribution >= 0.6 is 0 Å². The first-order valence-electron chi connectivity index (χ1n) is 12.3. The summed E-state index contributed by atoms with van der Waals surface area (Å²) in [5.74, 6) is -0.489. The highest BCUT2D eigenvalue weighted by atomic mass is 16.2. The van der Waals surface area contributed by atoms with Gasteiger partial charge in [-0.2, -0.15) is 0 Å². The zero-order chi connectivity index (χ0) is 26.1. The molecule has 1 aromatic heterocycles. The van der Waals surface area contributed by atoms with Gasteiger partial charge in [0.15, 0.2) is 0 Å². The van der Waals surface area contributed by atoms with E-state index in [0.717, 1.165) is 17.5 Å². The first kappa shape index (κ1) is 26.6.